The summed E-state index contributed by atoms with van der Waals surface area (Å²) in [6.45, 7) is 2.40. The Morgan fingerprint density at radius 2 is 2.08 bits per heavy atom. The summed E-state index contributed by atoms with van der Waals surface area (Å²) in [6, 6.07) is 6.77. The lowest BCUT2D eigenvalue weighted by atomic mass is 9.97. The third-order valence-electron chi connectivity index (χ3n) is 4.56. The molecule has 1 aromatic carbocycles. The van der Waals surface area contributed by atoms with Gasteiger partial charge >= 0.3 is 5.97 Å². The van der Waals surface area contributed by atoms with Crippen LogP contribution in [-0.2, 0) is 25.8 Å². The highest BCUT2D eigenvalue weighted by atomic mass is 32.2. The van der Waals surface area contributed by atoms with E-state index in [1.165, 1.54) is 0 Å². The number of benzene rings is 1. The molecule has 0 N–H and O–H groups in total. The fraction of sp³-hybridized carbons (Fsp3) is 0.529. The first-order valence-electron chi connectivity index (χ1n) is 8.21. The number of nitrogens with zero attached hydrogens (tertiary/aromatic N) is 1. The van der Waals surface area contributed by atoms with Crippen molar-refractivity contribution in [2.24, 2.45) is 0 Å². The second-order valence-corrected chi connectivity index (χ2v) is 8.57. The van der Waals surface area contributed by atoms with Crippen molar-refractivity contribution in [2.75, 3.05) is 18.1 Å². The number of hydrogen-bond acceptors (Lipinski definition) is 5. The molecule has 2 heterocycles. The van der Waals surface area contributed by atoms with E-state index in [1.54, 1.807) is 17.0 Å². The van der Waals surface area contributed by atoms with Crippen molar-refractivity contribution < 1.29 is 22.7 Å². The SMILES string of the molecule is CCCN(C(=O)C1Cc2ccccc2C(=O)O1)C1CCS(=O)(=O)C1. The Bertz CT molecular complexity index is 758. The highest BCUT2D eigenvalue weighted by Crippen LogP contribution is 2.24. The number of carbonyl (C=O) groups excluding carboxylic acids is 2. The minimum atomic E-state index is -3.08. The molecule has 0 bridgehead atoms. The van der Waals surface area contributed by atoms with Gasteiger partial charge in [0.05, 0.1) is 17.1 Å². The molecule has 2 atom stereocenters. The number of fused-ring (bicyclic) bond motifs is 1. The summed E-state index contributed by atoms with van der Waals surface area (Å²) >= 11 is 0. The number of cyclic esters (lactones) is 1. The third-order valence-corrected chi connectivity index (χ3v) is 6.31. The van der Waals surface area contributed by atoms with Crippen LogP contribution in [-0.4, -0.2) is 55.4 Å². The zero-order valence-electron chi connectivity index (χ0n) is 13.6. The van der Waals surface area contributed by atoms with Gasteiger partial charge in [-0.1, -0.05) is 25.1 Å². The van der Waals surface area contributed by atoms with Crippen LogP contribution in [0.1, 0.15) is 35.7 Å². The lowest BCUT2D eigenvalue weighted by molar-refractivity contribution is -0.143. The first-order chi connectivity index (χ1) is 11.4. The van der Waals surface area contributed by atoms with Crippen molar-refractivity contribution in [3.8, 4) is 0 Å². The topological polar surface area (TPSA) is 80.8 Å². The van der Waals surface area contributed by atoms with Crippen molar-refractivity contribution in [3.05, 3.63) is 35.4 Å². The zero-order valence-corrected chi connectivity index (χ0v) is 14.4. The Kier molecular flexibility index (Phi) is 4.62. The molecule has 7 heteroatoms. The molecule has 24 heavy (non-hydrogen) atoms. The van der Waals surface area contributed by atoms with E-state index in [0.717, 1.165) is 12.0 Å². The maximum Gasteiger partial charge on any atom is 0.339 e. The van der Waals surface area contributed by atoms with Crippen molar-refractivity contribution in [3.63, 3.8) is 0 Å². The fourth-order valence-corrected chi connectivity index (χ4v) is 5.12. The monoisotopic (exact) mass is 351 g/mol. The lowest BCUT2D eigenvalue weighted by Gasteiger charge is -2.33. The summed E-state index contributed by atoms with van der Waals surface area (Å²) in [4.78, 5) is 26.6. The molecule has 2 aliphatic rings. The van der Waals surface area contributed by atoms with Crippen LogP contribution in [0.15, 0.2) is 24.3 Å². The molecule has 130 valence electrons. The Hall–Kier alpha value is -1.89. The van der Waals surface area contributed by atoms with Crippen LogP contribution >= 0.6 is 0 Å². The first-order valence-corrected chi connectivity index (χ1v) is 10.0. The van der Waals surface area contributed by atoms with E-state index >= 15 is 0 Å². The number of sulfone groups is 1. The number of ether oxygens (including phenoxy) is 1. The molecule has 1 saturated heterocycles. The van der Waals surface area contributed by atoms with Crippen molar-refractivity contribution in [1.29, 1.82) is 0 Å². The van der Waals surface area contributed by atoms with Crippen molar-refractivity contribution in [1.82, 2.24) is 4.90 Å². The standard InChI is InChI=1S/C17H21NO5S/c1-2-8-18(13-7-9-24(21,22)11-13)16(19)15-10-12-5-3-4-6-14(12)17(20)23-15/h3-6,13,15H,2,7-11H2,1H3. The van der Waals surface area contributed by atoms with E-state index in [0.29, 0.717) is 24.9 Å². The van der Waals surface area contributed by atoms with E-state index in [9.17, 15) is 18.0 Å². The van der Waals surface area contributed by atoms with Crippen molar-refractivity contribution >= 4 is 21.7 Å². The molecule has 0 aliphatic carbocycles. The highest BCUT2D eigenvalue weighted by molar-refractivity contribution is 7.91. The van der Waals surface area contributed by atoms with Crippen LogP contribution in [0.2, 0.25) is 0 Å². The number of rotatable bonds is 4. The zero-order chi connectivity index (χ0) is 17.3. The fourth-order valence-electron chi connectivity index (χ4n) is 3.39. The summed E-state index contributed by atoms with van der Waals surface area (Å²) in [5, 5.41) is 0. The van der Waals surface area contributed by atoms with Crippen LogP contribution in [0.25, 0.3) is 0 Å². The van der Waals surface area contributed by atoms with Crippen LogP contribution in [0.5, 0.6) is 0 Å². The molecule has 2 unspecified atom stereocenters. The summed E-state index contributed by atoms with van der Waals surface area (Å²) in [5.74, 6) is -0.679. The molecule has 1 amide bonds. The first kappa shape index (κ1) is 17.0. The predicted molar refractivity (Wildman–Crippen MR) is 88.4 cm³/mol. The van der Waals surface area contributed by atoms with Crippen LogP contribution in [0.4, 0.5) is 0 Å². The Morgan fingerprint density at radius 1 is 1.33 bits per heavy atom. The molecule has 0 aromatic heterocycles. The minimum absolute atomic E-state index is 0.00397. The van der Waals surface area contributed by atoms with Gasteiger partial charge in [0.15, 0.2) is 15.9 Å². The minimum Gasteiger partial charge on any atom is -0.448 e. The smallest absolute Gasteiger partial charge is 0.339 e. The molecule has 0 saturated carbocycles. The van der Waals surface area contributed by atoms with Crippen LogP contribution < -0.4 is 0 Å². The van der Waals surface area contributed by atoms with Crippen LogP contribution in [0, 0.1) is 0 Å². The second-order valence-electron chi connectivity index (χ2n) is 6.34. The molecular weight excluding hydrogens is 330 g/mol. The van der Waals surface area contributed by atoms with Gasteiger partial charge in [0, 0.05) is 19.0 Å². The number of esters is 1. The van der Waals surface area contributed by atoms with E-state index in [2.05, 4.69) is 0 Å². The van der Waals surface area contributed by atoms with E-state index in [4.69, 9.17) is 4.74 Å². The highest BCUT2D eigenvalue weighted by Gasteiger charge is 2.39. The largest absolute Gasteiger partial charge is 0.448 e. The molecule has 0 spiro atoms. The molecular formula is C17H21NO5S. The lowest BCUT2D eigenvalue weighted by Crippen LogP contribution is -2.49. The van der Waals surface area contributed by atoms with Gasteiger partial charge in [-0.25, -0.2) is 13.2 Å². The summed E-state index contributed by atoms with van der Waals surface area (Å²) in [7, 11) is -3.08. The van der Waals surface area contributed by atoms with Gasteiger partial charge in [-0.3, -0.25) is 4.79 Å². The average molecular weight is 351 g/mol. The van der Waals surface area contributed by atoms with Gasteiger partial charge in [0.25, 0.3) is 5.91 Å². The number of amides is 1. The third kappa shape index (κ3) is 3.31. The summed E-state index contributed by atoms with van der Waals surface area (Å²) < 4.78 is 28.8. The molecule has 2 aliphatic heterocycles. The molecule has 0 radical (unpaired) electrons. The number of carbonyl (C=O) groups is 2. The molecule has 1 fully saturated rings. The number of hydrogen-bond donors (Lipinski definition) is 0. The van der Waals surface area contributed by atoms with E-state index in [1.807, 2.05) is 19.1 Å². The Balaban J connectivity index is 1.80. The van der Waals surface area contributed by atoms with Crippen molar-refractivity contribution in [2.45, 2.75) is 38.3 Å². The quantitative estimate of drug-likeness (QED) is 0.761. The van der Waals surface area contributed by atoms with E-state index < -0.39 is 21.9 Å². The van der Waals surface area contributed by atoms with Gasteiger partial charge in [0.2, 0.25) is 0 Å². The maximum absolute atomic E-state index is 12.9. The summed E-state index contributed by atoms with van der Waals surface area (Å²) in [5.41, 5.74) is 1.29. The molecule has 3 rings (SSSR count). The normalized spacial score (nSPS) is 25.0. The average Bonchev–Trinajstić information content (AvgIpc) is 2.91. The summed E-state index contributed by atoms with van der Waals surface area (Å²) in [6.07, 6.45) is 0.632. The maximum atomic E-state index is 12.9. The van der Waals surface area contributed by atoms with Gasteiger partial charge in [-0.15, -0.1) is 0 Å². The molecule has 1 aromatic rings. The van der Waals surface area contributed by atoms with Crippen LogP contribution in [0.3, 0.4) is 0 Å². The second kappa shape index (κ2) is 6.55. The van der Waals surface area contributed by atoms with E-state index in [-0.39, 0.29) is 23.5 Å². The van der Waals surface area contributed by atoms with Gasteiger partial charge in [0.1, 0.15) is 0 Å². The van der Waals surface area contributed by atoms with Gasteiger partial charge in [-0.2, -0.15) is 0 Å². The Morgan fingerprint density at radius 3 is 2.75 bits per heavy atom. The predicted octanol–water partition coefficient (Wildman–Crippen LogP) is 1.19. The Labute approximate surface area is 141 Å². The van der Waals surface area contributed by atoms with Gasteiger partial charge < -0.3 is 9.64 Å². The molecule has 6 nitrogen and oxygen atoms in total. The van der Waals surface area contributed by atoms with Gasteiger partial charge in [-0.05, 0) is 24.5 Å².